The molecule has 1 amide bonds. The van der Waals surface area contributed by atoms with E-state index in [1.54, 1.807) is 24.3 Å². The Morgan fingerprint density at radius 3 is 2.82 bits per heavy atom. The third kappa shape index (κ3) is 3.48. The van der Waals surface area contributed by atoms with E-state index in [1.165, 1.54) is 4.68 Å². The summed E-state index contributed by atoms with van der Waals surface area (Å²) in [5.74, 6) is 1.00. The fraction of sp³-hybridized carbons (Fsp3) is 0.250. The van der Waals surface area contributed by atoms with Crippen LogP contribution in [0.1, 0.15) is 32.0 Å². The van der Waals surface area contributed by atoms with Crippen LogP contribution >= 0.6 is 0 Å². The van der Waals surface area contributed by atoms with Crippen molar-refractivity contribution in [3.8, 4) is 0 Å². The molecule has 0 saturated carbocycles. The molecule has 0 bridgehead atoms. The molecule has 2 heterocycles. The lowest BCUT2D eigenvalue weighted by molar-refractivity contribution is -0.116. The molecule has 28 heavy (non-hydrogen) atoms. The van der Waals surface area contributed by atoms with Gasteiger partial charge in [-0.05, 0) is 30.3 Å². The molecule has 0 unspecified atom stereocenters. The molecule has 0 aliphatic rings. The number of carbonyl (C=O) groups is 1. The summed E-state index contributed by atoms with van der Waals surface area (Å²) in [6.45, 7) is 4.29. The Labute approximate surface area is 160 Å². The fourth-order valence-electron chi connectivity index (χ4n) is 2.98. The lowest BCUT2D eigenvalue weighted by Gasteiger charge is -2.06. The van der Waals surface area contributed by atoms with Crippen molar-refractivity contribution < 1.29 is 4.79 Å². The highest BCUT2D eigenvalue weighted by molar-refractivity contribution is 5.93. The van der Waals surface area contributed by atoms with Gasteiger partial charge < -0.3 is 10.3 Å². The number of aryl methyl sites for hydroxylation is 1. The molecule has 142 valence electrons. The number of anilines is 1. The molecule has 0 atom stereocenters. The number of aromatic nitrogens is 5. The Morgan fingerprint density at radius 1 is 1.18 bits per heavy atom. The number of rotatable bonds is 5. The first-order chi connectivity index (χ1) is 13.5. The maximum atomic E-state index is 12.4. The number of hydrogen-bond acceptors (Lipinski definition) is 5. The summed E-state index contributed by atoms with van der Waals surface area (Å²) in [5.41, 5.74) is 2.70. The fourth-order valence-corrected chi connectivity index (χ4v) is 2.98. The molecule has 0 aliphatic heterocycles. The number of H-pyrrole nitrogens is 1. The summed E-state index contributed by atoms with van der Waals surface area (Å²) in [4.78, 5) is 32.5. The van der Waals surface area contributed by atoms with Gasteiger partial charge in [-0.1, -0.05) is 31.2 Å². The van der Waals surface area contributed by atoms with Crippen LogP contribution in [0.5, 0.6) is 0 Å². The second kappa shape index (κ2) is 7.22. The first-order valence-electron chi connectivity index (χ1n) is 9.13. The first kappa shape index (κ1) is 17.8. The van der Waals surface area contributed by atoms with E-state index in [9.17, 15) is 9.59 Å². The van der Waals surface area contributed by atoms with Gasteiger partial charge in [0, 0.05) is 18.0 Å². The van der Waals surface area contributed by atoms with E-state index in [0.29, 0.717) is 22.5 Å². The van der Waals surface area contributed by atoms with E-state index in [-0.39, 0.29) is 24.4 Å². The number of nitrogens with zero attached hydrogens (tertiary/aromatic N) is 4. The molecule has 0 saturated heterocycles. The van der Waals surface area contributed by atoms with Gasteiger partial charge in [-0.25, -0.2) is 9.67 Å². The summed E-state index contributed by atoms with van der Waals surface area (Å²) in [6.07, 6.45) is 0.116. The number of hydrogen-bond donors (Lipinski definition) is 2. The zero-order valence-electron chi connectivity index (χ0n) is 15.6. The van der Waals surface area contributed by atoms with Gasteiger partial charge in [-0.15, -0.1) is 5.10 Å². The van der Waals surface area contributed by atoms with Crippen molar-refractivity contribution in [2.75, 3.05) is 5.32 Å². The Balaban J connectivity index is 1.45. The minimum atomic E-state index is -0.251. The van der Waals surface area contributed by atoms with Crippen LogP contribution in [0.4, 0.5) is 5.69 Å². The molecular formula is C20H20N6O2. The average molecular weight is 376 g/mol. The number of amides is 1. The Hall–Kier alpha value is -3.55. The monoisotopic (exact) mass is 376 g/mol. The topological polar surface area (TPSA) is 106 Å². The van der Waals surface area contributed by atoms with Crippen molar-refractivity contribution >= 4 is 33.5 Å². The number of aromatic amines is 1. The maximum Gasteiger partial charge on any atom is 0.277 e. The number of benzene rings is 2. The molecule has 8 nitrogen and oxygen atoms in total. The van der Waals surface area contributed by atoms with Gasteiger partial charge in [-0.2, -0.15) is 0 Å². The van der Waals surface area contributed by atoms with Gasteiger partial charge in [0.15, 0.2) is 0 Å². The summed E-state index contributed by atoms with van der Waals surface area (Å²) in [7, 11) is 0. The zero-order chi connectivity index (χ0) is 19.7. The van der Waals surface area contributed by atoms with Crippen molar-refractivity contribution in [3.63, 3.8) is 0 Å². The molecule has 2 aromatic heterocycles. The molecule has 4 rings (SSSR count). The SMILES string of the molecule is CC(C)c1nc2ccc(NC(=O)CCn3nnc4ccccc4c3=O)cc2[nH]1. The van der Waals surface area contributed by atoms with E-state index in [1.807, 2.05) is 18.2 Å². The summed E-state index contributed by atoms with van der Waals surface area (Å²) < 4.78 is 1.22. The summed E-state index contributed by atoms with van der Waals surface area (Å²) >= 11 is 0. The number of fused-ring (bicyclic) bond motifs is 2. The molecule has 2 N–H and O–H groups in total. The van der Waals surface area contributed by atoms with Crippen LogP contribution in [0.3, 0.4) is 0 Å². The molecule has 0 fully saturated rings. The van der Waals surface area contributed by atoms with Crippen LogP contribution in [-0.4, -0.2) is 30.9 Å². The summed E-state index contributed by atoms with van der Waals surface area (Å²) in [6, 6.07) is 12.5. The third-order valence-electron chi connectivity index (χ3n) is 4.51. The second-order valence-corrected chi connectivity index (χ2v) is 6.94. The normalized spacial score (nSPS) is 11.4. The lowest BCUT2D eigenvalue weighted by Crippen LogP contribution is -2.26. The van der Waals surface area contributed by atoms with Gasteiger partial charge in [0.05, 0.1) is 23.0 Å². The standard InChI is InChI=1S/C20H20N6O2/c1-12(2)19-22-16-8-7-13(11-17(16)23-19)21-18(27)9-10-26-20(28)14-5-3-4-6-15(14)24-25-26/h3-8,11-12H,9-10H2,1-2H3,(H,21,27)(H,22,23). The van der Waals surface area contributed by atoms with E-state index < -0.39 is 0 Å². The zero-order valence-corrected chi connectivity index (χ0v) is 15.6. The first-order valence-corrected chi connectivity index (χ1v) is 9.13. The largest absolute Gasteiger partial charge is 0.342 e. The van der Waals surface area contributed by atoms with Gasteiger partial charge in [-0.3, -0.25) is 9.59 Å². The quantitative estimate of drug-likeness (QED) is 0.557. The smallest absolute Gasteiger partial charge is 0.277 e. The lowest BCUT2D eigenvalue weighted by atomic mass is 10.2. The predicted octanol–water partition coefficient (Wildman–Crippen LogP) is 2.82. The summed E-state index contributed by atoms with van der Waals surface area (Å²) in [5, 5.41) is 11.3. The highest BCUT2D eigenvalue weighted by Gasteiger charge is 2.10. The third-order valence-corrected chi connectivity index (χ3v) is 4.51. The van der Waals surface area contributed by atoms with Crippen molar-refractivity contribution in [2.45, 2.75) is 32.7 Å². The van der Waals surface area contributed by atoms with Crippen LogP contribution in [0, 0.1) is 0 Å². The van der Waals surface area contributed by atoms with Gasteiger partial charge in [0.25, 0.3) is 5.56 Å². The van der Waals surface area contributed by atoms with E-state index in [2.05, 4.69) is 39.4 Å². The van der Waals surface area contributed by atoms with E-state index >= 15 is 0 Å². The maximum absolute atomic E-state index is 12.4. The minimum Gasteiger partial charge on any atom is -0.342 e. The molecule has 8 heteroatoms. The number of imidazole rings is 1. The Kier molecular flexibility index (Phi) is 4.60. The van der Waals surface area contributed by atoms with Crippen molar-refractivity contribution in [2.24, 2.45) is 0 Å². The van der Waals surface area contributed by atoms with Crippen molar-refractivity contribution in [1.29, 1.82) is 0 Å². The number of carbonyl (C=O) groups excluding carboxylic acids is 1. The Bertz CT molecular complexity index is 1220. The van der Waals surface area contributed by atoms with Crippen LogP contribution in [0.25, 0.3) is 21.9 Å². The Morgan fingerprint density at radius 2 is 2.00 bits per heavy atom. The highest BCUT2D eigenvalue weighted by atomic mass is 16.2. The molecule has 0 radical (unpaired) electrons. The minimum absolute atomic E-state index is 0.116. The van der Waals surface area contributed by atoms with Gasteiger partial charge >= 0.3 is 0 Å². The molecule has 2 aromatic carbocycles. The molecule has 0 spiro atoms. The molecule has 4 aromatic rings. The van der Waals surface area contributed by atoms with E-state index in [4.69, 9.17) is 0 Å². The van der Waals surface area contributed by atoms with Crippen LogP contribution in [-0.2, 0) is 11.3 Å². The number of nitrogens with one attached hydrogen (secondary N) is 2. The average Bonchev–Trinajstić information content (AvgIpc) is 3.11. The van der Waals surface area contributed by atoms with Crippen LogP contribution in [0.15, 0.2) is 47.3 Å². The second-order valence-electron chi connectivity index (χ2n) is 6.94. The predicted molar refractivity (Wildman–Crippen MR) is 107 cm³/mol. The van der Waals surface area contributed by atoms with Crippen molar-refractivity contribution in [3.05, 3.63) is 58.6 Å². The highest BCUT2D eigenvalue weighted by Crippen LogP contribution is 2.20. The van der Waals surface area contributed by atoms with Crippen molar-refractivity contribution in [1.82, 2.24) is 25.0 Å². The van der Waals surface area contributed by atoms with Gasteiger partial charge in [0.1, 0.15) is 11.3 Å². The van der Waals surface area contributed by atoms with Gasteiger partial charge in [0.2, 0.25) is 5.91 Å². The van der Waals surface area contributed by atoms with E-state index in [0.717, 1.165) is 16.9 Å². The van der Waals surface area contributed by atoms with Crippen LogP contribution < -0.4 is 10.9 Å². The molecule has 0 aliphatic carbocycles. The molecular weight excluding hydrogens is 356 g/mol. The van der Waals surface area contributed by atoms with Crippen LogP contribution in [0.2, 0.25) is 0 Å².